The summed E-state index contributed by atoms with van der Waals surface area (Å²) >= 11 is 0. The monoisotopic (exact) mass is 285 g/mol. The van der Waals surface area contributed by atoms with Crippen molar-refractivity contribution in [3.8, 4) is 0 Å². The first kappa shape index (κ1) is 15.1. The second-order valence-corrected chi connectivity index (χ2v) is 4.68. The highest BCUT2D eigenvalue weighted by atomic mass is 15.2. The molecule has 0 saturated heterocycles. The summed E-state index contributed by atoms with van der Waals surface area (Å²) in [7, 11) is 0. The Kier molecular flexibility index (Phi) is 6.32. The van der Waals surface area contributed by atoms with Crippen molar-refractivity contribution in [3.05, 3.63) is 54.6 Å². The number of nitrogens with zero attached hydrogens (tertiary/aromatic N) is 3. The van der Waals surface area contributed by atoms with E-state index in [1.807, 2.05) is 36.5 Å². The minimum atomic E-state index is 0.732. The maximum atomic E-state index is 4.57. The number of hydrogen-bond donors (Lipinski definition) is 2. The first-order chi connectivity index (χ1) is 10.4. The lowest BCUT2D eigenvalue weighted by Gasteiger charge is -2.11. The molecule has 5 heteroatoms. The van der Waals surface area contributed by atoms with E-state index in [0.29, 0.717) is 0 Å². The van der Waals surface area contributed by atoms with Crippen LogP contribution in [0.2, 0.25) is 0 Å². The van der Waals surface area contributed by atoms with Crippen LogP contribution in [0.5, 0.6) is 0 Å². The molecule has 0 aliphatic rings. The Balaban J connectivity index is 1.75. The van der Waals surface area contributed by atoms with Gasteiger partial charge in [0.2, 0.25) is 0 Å². The maximum absolute atomic E-state index is 4.57. The molecule has 0 saturated carbocycles. The molecule has 0 unspecified atom stereocenters. The zero-order valence-electron chi connectivity index (χ0n) is 12.5. The predicted molar refractivity (Wildman–Crippen MR) is 86.4 cm³/mol. The van der Waals surface area contributed by atoms with E-state index in [1.165, 1.54) is 0 Å². The Hall–Kier alpha value is -2.30. The second kappa shape index (κ2) is 8.79. The van der Waals surface area contributed by atoms with Crippen LogP contribution in [0.4, 0.5) is 0 Å². The number of aliphatic imine (C=N–C) groups is 1. The van der Waals surface area contributed by atoms with E-state index in [9.17, 15) is 0 Å². The summed E-state index contributed by atoms with van der Waals surface area (Å²) in [5.41, 5.74) is 1.07. The van der Waals surface area contributed by atoms with Crippen molar-refractivity contribution in [2.75, 3.05) is 19.6 Å². The highest BCUT2D eigenvalue weighted by molar-refractivity contribution is 5.79. The van der Waals surface area contributed by atoms with E-state index in [1.54, 1.807) is 0 Å². The number of aromatic nitrogens is 2. The summed E-state index contributed by atoms with van der Waals surface area (Å²) in [5.74, 6) is 0.862. The van der Waals surface area contributed by atoms with Crippen molar-refractivity contribution in [2.45, 2.75) is 19.9 Å². The van der Waals surface area contributed by atoms with E-state index in [2.05, 4.69) is 44.5 Å². The molecule has 0 radical (unpaired) electrons. The van der Waals surface area contributed by atoms with Gasteiger partial charge in [-0.05, 0) is 31.2 Å². The van der Waals surface area contributed by atoms with Crippen LogP contribution in [0.25, 0.3) is 0 Å². The molecule has 0 amide bonds. The topological polar surface area (TPSA) is 54.2 Å². The highest BCUT2D eigenvalue weighted by Crippen LogP contribution is 1.94. The third-order valence-electron chi connectivity index (χ3n) is 3.04. The summed E-state index contributed by atoms with van der Waals surface area (Å²) in [6.45, 7) is 5.44. The summed E-state index contributed by atoms with van der Waals surface area (Å²) in [5, 5.41) is 6.60. The lowest BCUT2D eigenvalue weighted by molar-refractivity contribution is 0.665. The lowest BCUT2D eigenvalue weighted by Crippen LogP contribution is -2.39. The van der Waals surface area contributed by atoms with Gasteiger partial charge in [0.1, 0.15) is 0 Å². The second-order valence-electron chi connectivity index (χ2n) is 4.68. The van der Waals surface area contributed by atoms with Crippen molar-refractivity contribution in [1.82, 2.24) is 20.2 Å². The number of pyridine rings is 1. The molecule has 2 heterocycles. The van der Waals surface area contributed by atoms with Crippen molar-refractivity contribution in [2.24, 2.45) is 4.99 Å². The third kappa shape index (κ3) is 5.69. The molecule has 2 rings (SSSR count). The molecular weight excluding hydrogens is 262 g/mol. The molecule has 5 nitrogen and oxygen atoms in total. The summed E-state index contributed by atoms with van der Waals surface area (Å²) in [6.07, 6.45) is 6.80. The van der Waals surface area contributed by atoms with E-state index in [0.717, 1.165) is 44.3 Å². The predicted octanol–water partition coefficient (Wildman–Crippen LogP) is 1.68. The Morgan fingerprint density at radius 2 is 2.05 bits per heavy atom. The first-order valence-corrected chi connectivity index (χ1v) is 7.41. The fourth-order valence-electron chi connectivity index (χ4n) is 1.99. The molecule has 21 heavy (non-hydrogen) atoms. The van der Waals surface area contributed by atoms with Gasteiger partial charge in [-0.1, -0.05) is 6.07 Å². The molecule has 0 fully saturated rings. The lowest BCUT2D eigenvalue weighted by atomic mass is 10.3. The van der Waals surface area contributed by atoms with Crippen LogP contribution in [0.3, 0.4) is 0 Å². The molecule has 0 bridgehead atoms. The molecule has 2 aromatic rings. The zero-order chi connectivity index (χ0) is 14.8. The van der Waals surface area contributed by atoms with Gasteiger partial charge in [-0.25, -0.2) is 0 Å². The van der Waals surface area contributed by atoms with Gasteiger partial charge < -0.3 is 15.2 Å². The van der Waals surface area contributed by atoms with E-state index in [-0.39, 0.29) is 0 Å². The largest absolute Gasteiger partial charge is 0.357 e. The molecule has 0 aliphatic heterocycles. The van der Waals surface area contributed by atoms with Gasteiger partial charge in [0.05, 0.1) is 0 Å². The van der Waals surface area contributed by atoms with Crippen LogP contribution in [0.15, 0.2) is 53.9 Å². The average molecular weight is 285 g/mol. The van der Waals surface area contributed by atoms with Crippen LogP contribution >= 0.6 is 0 Å². The van der Waals surface area contributed by atoms with Gasteiger partial charge in [0.15, 0.2) is 5.96 Å². The Bertz CT molecular complexity index is 519. The number of rotatable bonds is 7. The van der Waals surface area contributed by atoms with Crippen LogP contribution in [0.1, 0.15) is 12.6 Å². The van der Waals surface area contributed by atoms with Crippen molar-refractivity contribution in [3.63, 3.8) is 0 Å². The zero-order valence-corrected chi connectivity index (χ0v) is 12.5. The van der Waals surface area contributed by atoms with Crippen molar-refractivity contribution >= 4 is 5.96 Å². The minimum Gasteiger partial charge on any atom is -0.357 e. The summed E-state index contributed by atoms with van der Waals surface area (Å²) in [6, 6.07) is 10.0. The maximum Gasteiger partial charge on any atom is 0.191 e. The van der Waals surface area contributed by atoms with Crippen molar-refractivity contribution < 1.29 is 0 Å². The molecule has 112 valence electrons. The van der Waals surface area contributed by atoms with Gasteiger partial charge in [-0.2, -0.15) is 0 Å². The molecule has 0 aliphatic carbocycles. The Labute approximate surface area is 126 Å². The van der Waals surface area contributed by atoms with E-state index >= 15 is 0 Å². The van der Waals surface area contributed by atoms with E-state index in [4.69, 9.17) is 0 Å². The molecular formula is C16H23N5. The molecule has 2 aromatic heterocycles. The first-order valence-electron chi connectivity index (χ1n) is 7.41. The Morgan fingerprint density at radius 3 is 2.76 bits per heavy atom. The third-order valence-corrected chi connectivity index (χ3v) is 3.04. The smallest absolute Gasteiger partial charge is 0.191 e. The number of guanidine groups is 1. The van der Waals surface area contributed by atoms with Crippen LogP contribution < -0.4 is 10.6 Å². The summed E-state index contributed by atoms with van der Waals surface area (Å²) < 4.78 is 2.14. The Morgan fingerprint density at radius 1 is 1.19 bits per heavy atom. The van der Waals surface area contributed by atoms with E-state index < -0.39 is 0 Å². The molecule has 0 aromatic carbocycles. The van der Waals surface area contributed by atoms with Gasteiger partial charge in [0, 0.05) is 56.9 Å². The van der Waals surface area contributed by atoms with Crippen molar-refractivity contribution in [1.29, 1.82) is 0 Å². The van der Waals surface area contributed by atoms with Crippen LogP contribution in [0, 0.1) is 0 Å². The molecule has 0 atom stereocenters. The van der Waals surface area contributed by atoms with Gasteiger partial charge in [0.25, 0.3) is 0 Å². The van der Waals surface area contributed by atoms with Gasteiger partial charge in [-0.3, -0.25) is 9.98 Å². The van der Waals surface area contributed by atoms with Gasteiger partial charge in [-0.15, -0.1) is 0 Å². The fourth-order valence-corrected chi connectivity index (χ4v) is 1.99. The average Bonchev–Trinajstić information content (AvgIpc) is 3.02. The number of nitrogens with one attached hydrogen (secondary N) is 2. The summed E-state index contributed by atoms with van der Waals surface area (Å²) in [4.78, 5) is 8.88. The fraction of sp³-hybridized carbons (Fsp3) is 0.375. The normalized spacial score (nSPS) is 11.4. The highest BCUT2D eigenvalue weighted by Gasteiger charge is 1.97. The molecule has 0 spiro atoms. The van der Waals surface area contributed by atoms with Gasteiger partial charge >= 0.3 is 0 Å². The van der Waals surface area contributed by atoms with Crippen LogP contribution in [-0.2, 0) is 13.0 Å². The quantitative estimate of drug-likeness (QED) is 0.601. The minimum absolute atomic E-state index is 0.732. The van der Waals surface area contributed by atoms with Crippen LogP contribution in [-0.4, -0.2) is 35.1 Å². The molecule has 2 N–H and O–H groups in total. The SMILES string of the molecule is CCNC(=NCCc1ccccn1)NCCn1cccc1. The standard InChI is InChI=1S/C16H23N5/c1-2-17-16(20-11-14-21-12-5-6-13-21)19-10-8-15-7-3-4-9-18-15/h3-7,9,12-13H,2,8,10-11,14H2,1H3,(H2,17,19,20). The number of hydrogen-bond acceptors (Lipinski definition) is 2.